The van der Waals surface area contributed by atoms with Crippen molar-refractivity contribution in [2.75, 3.05) is 19.7 Å². The van der Waals surface area contributed by atoms with E-state index >= 15 is 0 Å². The molecule has 0 radical (unpaired) electrons. The van der Waals surface area contributed by atoms with Crippen LogP contribution in [-0.4, -0.2) is 52.7 Å². The van der Waals surface area contributed by atoms with Gasteiger partial charge in [-0.25, -0.2) is 0 Å². The van der Waals surface area contributed by atoms with Crippen molar-refractivity contribution in [2.24, 2.45) is 0 Å². The Kier molecular flexibility index (Phi) is 4.63. The third kappa shape index (κ3) is 2.70. The zero-order chi connectivity index (χ0) is 13.0. The number of terminal acetylenes is 1. The minimum Gasteiger partial charge on any atom is -0.392 e. The van der Waals surface area contributed by atoms with Crippen LogP contribution in [0.3, 0.4) is 0 Å². The molecule has 2 heterocycles. The normalized spacial score (nSPS) is 38.9. The monoisotopic (exact) mass is 253 g/mol. The van der Waals surface area contributed by atoms with Gasteiger partial charge in [-0.2, -0.15) is 0 Å². The lowest BCUT2D eigenvalue weighted by atomic mass is 9.99. The molecule has 0 bridgehead atoms. The molecule has 0 spiro atoms. The number of nitrogens with zero attached hydrogens (tertiary/aromatic N) is 1. The summed E-state index contributed by atoms with van der Waals surface area (Å²) in [6.45, 7) is 1.65. The average molecular weight is 253 g/mol. The highest BCUT2D eigenvalue weighted by Crippen LogP contribution is 2.32. The number of rotatable bonds is 2. The Balaban J connectivity index is 2.00. The molecule has 3 atom stereocenters. The summed E-state index contributed by atoms with van der Waals surface area (Å²) in [5, 5.41) is 19.4. The van der Waals surface area contributed by atoms with E-state index in [9.17, 15) is 10.2 Å². The van der Waals surface area contributed by atoms with E-state index in [0.29, 0.717) is 6.42 Å². The molecule has 102 valence electrons. The highest BCUT2D eigenvalue weighted by molar-refractivity contribution is 5.16. The molecule has 0 aromatic carbocycles. The predicted molar refractivity (Wildman–Crippen MR) is 68.8 cm³/mol. The molecular formula is C14H23NO3. The fraction of sp³-hybridized carbons (Fsp3) is 0.857. The molecule has 4 nitrogen and oxygen atoms in total. The van der Waals surface area contributed by atoms with Gasteiger partial charge < -0.3 is 14.9 Å². The van der Waals surface area contributed by atoms with Gasteiger partial charge in [-0.05, 0) is 12.8 Å². The Labute approximate surface area is 109 Å². The topological polar surface area (TPSA) is 52.9 Å². The minimum absolute atomic E-state index is 0.152. The quantitative estimate of drug-likeness (QED) is 0.712. The lowest BCUT2D eigenvalue weighted by Gasteiger charge is -2.31. The first-order valence-electron chi connectivity index (χ1n) is 6.90. The van der Waals surface area contributed by atoms with Crippen LogP contribution in [0.25, 0.3) is 0 Å². The average Bonchev–Trinajstić information content (AvgIpc) is 2.66. The Bertz CT molecular complexity index is 307. The van der Waals surface area contributed by atoms with Gasteiger partial charge in [-0.1, -0.05) is 25.2 Å². The van der Waals surface area contributed by atoms with Crippen LogP contribution < -0.4 is 0 Å². The molecule has 4 heteroatoms. The molecule has 18 heavy (non-hydrogen) atoms. The Morgan fingerprint density at radius 2 is 1.83 bits per heavy atom. The van der Waals surface area contributed by atoms with Gasteiger partial charge in [0, 0.05) is 19.5 Å². The van der Waals surface area contributed by atoms with Crippen molar-refractivity contribution in [2.45, 2.75) is 56.5 Å². The van der Waals surface area contributed by atoms with Crippen LogP contribution in [0.4, 0.5) is 0 Å². The van der Waals surface area contributed by atoms with Crippen molar-refractivity contribution in [3.8, 4) is 12.3 Å². The Morgan fingerprint density at radius 3 is 2.33 bits per heavy atom. The summed E-state index contributed by atoms with van der Waals surface area (Å²) < 4.78 is 5.79. The standard InChI is InChI=1S/C14H23NO3/c1-2-14(11-16)12(17)10-13(18-14)15-8-6-4-3-5-7-9-15/h1,12-13,16-17H,3-11H2/t12-,13+,14+/m0/s1. The number of hydrogen-bond acceptors (Lipinski definition) is 4. The van der Waals surface area contributed by atoms with E-state index < -0.39 is 11.7 Å². The van der Waals surface area contributed by atoms with Crippen LogP contribution in [-0.2, 0) is 4.74 Å². The van der Waals surface area contributed by atoms with Gasteiger partial charge in [-0.15, -0.1) is 6.42 Å². The summed E-state index contributed by atoms with van der Waals surface area (Å²) in [5.41, 5.74) is -1.20. The van der Waals surface area contributed by atoms with Crippen LogP contribution in [0.2, 0.25) is 0 Å². The fourth-order valence-electron chi connectivity index (χ4n) is 2.85. The van der Waals surface area contributed by atoms with Gasteiger partial charge in [0.25, 0.3) is 0 Å². The first kappa shape index (κ1) is 13.8. The molecule has 0 unspecified atom stereocenters. The van der Waals surface area contributed by atoms with Crippen molar-refractivity contribution >= 4 is 0 Å². The summed E-state index contributed by atoms with van der Waals surface area (Å²) in [7, 11) is 0. The summed E-state index contributed by atoms with van der Waals surface area (Å²) in [6, 6.07) is 0. The van der Waals surface area contributed by atoms with Crippen molar-refractivity contribution in [3.63, 3.8) is 0 Å². The zero-order valence-corrected chi connectivity index (χ0v) is 10.8. The van der Waals surface area contributed by atoms with Crippen molar-refractivity contribution < 1.29 is 14.9 Å². The van der Waals surface area contributed by atoms with Gasteiger partial charge in [0.05, 0.1) is 6.61 Å². The molecule has 0 aliphatic carbocycles. The number of aliphatic hydroxyl groups is 2. The van der Waals surface area contributed by atoms with Crippen molar-refractivity contribution in [3.05, 3.63) is 0 Å². The largest absolute Gasteiger partial charge is 0.392 e. The maximum atomic E-state index is 10.0. The first-order valence-corrected chi connectivity index (χ1v) is 6.90. The predicted octanol–water partition coefficient (Wildman–Crippen LogP) is 0.724. The van der Waals surface area contributed by atoms with Gasteiger partial charge in [0.15, 0.2) is 5.60 Å². The molecular weight excluding hydrogens is 230 g/mol. The van der Waals surface area contributed by atoms with Crippen molar-refractivity contribution in [1.29, 1.82) is 0 Å². The van der Waals surface area contributed by atoms with Crippen LogP contribution >= 0.6 is 0 Å². The van der Waals surface area contributed by atoms with E-state index in [-0.39, 0.29) is 12.8 Å². The van der Waals surface area contributed by atoms with Crippen LogP contribution in [0.5, 0.6) is 0 Å². The zero-order valence-electron chi connectivity index (χ0n) is 10.8. The first-order chi connectivity index (χ1) is 8.72. The van der Waals surface area contributed by atoms with Crippen molar-refractivity contribution in [1.82, 2.24) is 4.90 Å². The molecule has 2 rings (SSSR count). The SMILES string of the molecule is C#C[C@]1(CO)O[C@@H](N2CCCCCCC2)C[C@@H]1O. The van der Waals surface area contributed by atoms with Gasteiger partial charge >= 0.3 is 0 Å². The Morgan fingerprint density at radius 1 is 1.22 bits per heavy atom. The molecule has 2 aliphatic heterocycles. The van der Waals surface area contributed by atoms with Gasteiger partial charge in [-0.3, -0.25) is 4.90 Å². The summed E-state index contributed by atoms with van der Waals surface area (Å²) in [5.74, 6) is 2.43. The van der Waals surface area contributed by atoms with Crippen LogP contribution in [0.15, 0.2) is 0 Å². The van der Waals surface area contributed by atoms with Gasteiger partial charge in [0.1, 0.15) is 12.3 Å². The number of hydrogen-bond donors (Lipinski definition) is 2. The minimum atomic E-state index is -1.20. The highest BCUT2D eigenvalue weighted by Gasteiger charge is 2.48. The number of aliphatic hydroxyl groups excluding tert-OH is 2. The van der Waals surface area contributed by atoms with E-state index in [1.54, 1.807) is 0 Å². The number of ether oxygens (including phenoxy) is 1. The lowest BCUT2D eigenvalue weighted by molar-refractivity contribution is -0.116. The third-order valence-corrected chi connectivity index (χ3v) is 4.09. The second-order valence-electron chi connectivity index (χ2n) is 5.32. The van der Waals surface area contributed by atoms with Crippen LogP contribution in [0, 0.1) is 12.3 Å². The molecule has 2 N–H and O–H groups in total. The summed E-state index contributed by atoms with van der Waals surface area (Å²) in [4.78, 5) is 2.26. The molecule has 0 aromatic rings. The maximum Gasteiger partial charge on any atom is 0.178 e. The molecule has 2 fully saturated rings. The molecule has 2 aliphatic rings. The molecule has 0 aromatic heterocycles. The maximum absolute atomic E-state index is 10.0. The van der Waals surface area contributed by atoms with E-state index in [1.165, 1.54) is 19.3 Å². The number of likely N-dealkylation sites (tertiary alicyclic amines) is 1. The fourth-order valence-corrected chi connectivity index (χ4v) is 2.85. The highest BCUT2D eigenvalue weighted by atomic mass is 16.6. The van der Waals surface area contributed by atoms with Gasteiger partial charge in [0.2, 0.25) is 0 Å². The Hall–Kier alpha value is -0.600. The summed E-state index contributed by atoms with van der Waals surface area (Å²) >= 11 is 0. The second kappa shape index (κ2) is 6.03. The van der Waals surface area contributed by atoms with E-state index in [4.69, 9.17) is 11.2 Å². The molecule has 2 saturated heterocycles. The van der Waals surface area contributed by atoms with E-state index in [1.807, 2.05) is 0 Å². The van der Waals surface area contributed by atoms with Crippen LogP contribution in [0.1, 0.15) is 38.5 Å². The smallest absolute Gasteiger partial charge is 0.178 e. The third-order valence-electron chi connectivity index (χ3n) is 4.09. The second-order valence-corrected chi connectivity index (χ2v) is 5.32. The molecule has 0 amide bonds. The summed E-state index contributed by atoms with van der Waals surface area (Å²) in [6.07, 6.45) is 11.1. The van der Waals surface area contributed by atoms with E-state index in [0.717, 1.165) is 25.9 Å². The molecule has 0 saturated carbocycles. The lowest BCUT2D eigenvalue weighted by Crippen LogP contribution is -2.43. The van der Waals surface area contributed by atoms with E-state index in [2.05, 4.69) is 10.8 Å².